The van der Waals surface area contributed by atoms with E-state index in [4.69, 9.17) is 0 Å². The van der Waals surface area contributed by atoms with Gasteiger partial charge in [0.15, 0.2) is 6.29 Å². The van der Waals surface area contributed by atoms with E-state index in [1.807, 2.05) is 19.9 Å². The van der Waals surface area contributed by atoms with Crippen molar-refractivity contribution in [1.29, 1.82) is 0 Å². The lowest BCUT2D eigenvalue weighted by atomic mass is 10.2. The molecule has 3 heteroatoms. The summed E-state index contributed by atoms with van der Waals surface area (Å²) >= 11 is 0. The topological polar surface area (TPSA) is 34.9 Å². The third-order valence-electron chi connectivity index (χ3n) is 1.81. The molecule has 0 amide bonds. The molecule has 0 aliphatic rings. The van der Waals surface area contributed by atoms with Crippen LogP contribution in [0.15, 0.2) is 49.5 Å². The largest absolute Gasteiger partial charge is 0.324 e. The maximum Gasteiger partial charge on any atom is 0.168 e. The van der Waals surface area contributed by atoms with Gasteiger partial charge in [-0.05, 0) is 5.57 Å². The first-order valence-electron chi connectivity index (χ1n) is 5.21. The van der Waals surface area contributed by atoms with Crippen LogP contribution in [0.4, 0.5) is 0 Å². The summed E-state index contributed by atoms with van der Waals surface area (Å²) in [6.07, 6.45) is 9.19. The van der Waals surface area contributed by atoms with Crippen molar-refractivity contribution < 1.29 is 4.79 Å². The zero-order valence-corrected chi connectivity index (χ0v) is 9.89. The molecule has 86 valence electrons. The van der Waals surface area contributed by atoms with E-state index in [2.05, 4.69) is 18.1 Å². The van der Waals surface area contributed by atoms with Gasteiger partial charge < -0.3 is 4.57 Å². The molecular formula is C13H18N2O. The van der Waals surface area contributed by atoms with Gasteiger partial charge in [0.05, 0.1) is 12.5 Å². The predicted molar refractivity (Wildman–Crippen MR) is 67.4 cm³/mol. The fraction of sp³-hybridized carbons (Fsp3) is 0.231. The minimum atomic E-state index is 0.557. The molecule has 0 spiro atoms. The van der Waals surface area contributed by atoms with Crippen LogP contribution >= 0.6 is 0 Å². The summed E-state index contributed by atoms with van der Waals surface area (Å²) in [5.41, 5.74) is 1.54. The fourth-order valence-corrected chi connectivity index (χ4v) is 1.09. The Morgan fingerprint density at radius 1 is 1.50 bits per heavy atom. The monoisotopic (exact) mass is 218 g/mol. The normalized spacial score (nSPS) is 10.0. The van der Waals surface area contributed by atoms with Gasteiger partial charge in [-0.1, -0.05) is 45.2 Å². The molecular weight excluding hydrogens is 200 g/mol. The van der Waals surface area contributed by atoms with E-state index in [1.165, 1.54) is 6.20 Å². The van der Waals surface area contributed by atoms with E-state index in [9.17, 15) is 4.79 Å². The molecule has 3 nitrogen and oxygen atoms in total. The molecule has 0 fully saturated rings. The smallest absolute Gasteiger partial charge is 0.168 e. The number of aldehydes is 1. The molecule has 0 atom stereocenters. The average Bonchev–Trinajstić information content (AvgIpc) is 2.78. The average molecular weight is 218 g/mol. The van der Waals surface area contributed by atoms with Gasteiger partial charge in [-0.3, -0.25) is 4.79 Å². The second-order valence-corrected chi connectivity index (χ2v) is 2.75. The molecule has 0 unspecified atom stereocenters. The Morgan fingerprint density at radius 3 is 2.69 bits per heavy atom. The number of hydrogen-bond donors (Lipinski definition) is 0. The second-order valence-electron chi connectivity index (χ2n) is 2.75. The van der Waals surface area contributed by atoms with Crippen LogP contribution in [0.2, 0.25) is 0 Å². The van der Waals surface area contributed by atoms with Crippen molar-refractivity contribution in [2.24, 2.45) is 0 Å². The number of aromatic nitrogens is 2. The molecule has 1 aromatic rings. The van der Waals surface area contributed by atoms with E-state index < -0.39 is 0 Å². The summed E-state index contributed by atoms with van der Waals surface area (Å²) in [7, 11) is 0. The molecule has 1 aromatic heterocycles. The van der Waals surface area contributed by atoms with Gasteiger partial charge in [0, 0.05) is 6.54 Å². The molecule has 0 bridgehead atoms. The van der Waals surface area contributed by atoms with Gasteiger partial charge in [-0.2, -0.15) is 0 Å². The fourth-order valence-electron chi connectivity index (χ4n) is 1.09. The number of carbonyl (C=O) groups is 1. The SMILES string of the molecule is C=C/C=C(\C=C)Cn1cncc1C=O.CC. The number of rotatable bonds is 5. The third-order valence-corrected chi connectivity index (χ3v) is 1.81. The summed E-state index contributed by atoms with van der Waals surface area (Å²) in [6.45, 7) is 11.9. The minimum absolute atomic E-state index is 0.557. The highest BCUT2D eigenvalue weighted by atomic mass is 16.1. The lowest BCUT2D eigenvalue weighted by Crippen LogP contribution is -2.02. The van der Waals surface area contributed by atoms with Gasteiger partial charge in [0.1, 0.15) is 5.69 Å². The minimum Gasteiger partial charge on any atom is -0.324 e. The summed E-state index contributed by atoms with van der Waals surface area (Å²) < 4.78 is 1.75. The van der Waals surface area contributed by atoms with Crippen molar-refractivity contribution in [3.05, 3.63) is 55.2 Å². The number of nitrogens with zero attached hydrogens (tertiary/aromatic N) is 2. The van der Waals surface area contributed by atoms with Crippen LogP contribution in [0.5, 0.6) is 0 Å². The maximum absolute atomic E-state index is 10.6. The van der Waals surface area contributed by atoms with E-state index >= 15 is 0 Å². The highest BCUT2D eigenvalue weighted by Gasteiger charge is 2.00. The molecule has 16 heavy (non-hydrogen) atoms. The van der Waals surface area contributed by atoms with Crippen LogP contribution < -0.4 is 0 Å². The first-order valence-corrected chi connectivity index (χ1v) is 5.21. The zero-order valence-electron chi connectivity index (χ0n) is 9.89. The Morgan fingerprint density at radius 2 is 2.19 bits per heavy atom. The van der Waals surface area contributed by atoms with Crippen molar-refractivity contribution in [3.63, 3.8) is 0 Å². The van der Waals surface area contributed by atoms with Gasteiger partial charge in [0.25, 0.3) is 0 Å². The highest BCUT2D eigenvalue weighted by Crippen LogP contribution is 2.04. The molecule has 0 radical (unpaired) electrons. The zero-order chi connectivity index (χ0) is 12.4. The van der Waals surface area contributed by atoms with Crippen LogP contribution in [0, 0.1) is 0 Å². The standard InChI is InChI=1S/C11H12N2O.C2H6/c1-3-5-10(4-2)7-13-9-12-6-11(13)8-14;1-2/h3-6,8-9H,1-2,7H2;1-2H3/b10-5+;. The molecule has 1 heterocycles. The van der Waals surface area contributed by atoms with E-state index in [1.54, 1.807) is 23.0 Å². The van der Waals surface area contributed by atoms with Crippen molar-refractivity contribution in [2.45, 2.75) is 20.4 Å². The van der Waals surface area contributed by atoms with Crippen molar-refractivity contribution in [2.75, 3.05) is 0 Å². The number of hydrogen-bond acceptors (Lipinski definition) is 2. The Balaban J connectivity index is 0.00000106. The van der Waals surface area contributed by atoms with Crippen LogP contribution in [-0.2, 0) is 6.54 Å². The van der Waals surface area contributed by atoms with Gasteiger partial charge in [0.2, 0.25) is 0 Å². The molecule has 0 N–H and O–H groups in total. The van der Waals surface area contributed by atoms with Crippen molar-refractivity contribution >= 4 is 6.29 Å². The maximum atomic E-state index is 10.6. The molecule has 0 saturated carbocycles. The third kappa shape index (κ3) is 4.09. The van der Waals surface area contributed by atoms with E-state index in [-0.39, 0.29) is 0 Å². The first kappa shape index (κ1) is 14.1. The van der Waals surface area contributed by atoms with Gasteiger partial charge >= 0.3 is 0 Å². The van der Waals surface area contributed by atoms with E-state index in [0.29, 0.717) is 12.2 Å². The Labute approximate surface area is 96.8 Å². The van der Waals surface area contributed by atoms with Gasteiger partial charge in [-0.25, -0.2) is 4.98 Å². The summed E-state index contributed by atoms with van der Waals surface area (Å²) in [5, 5.41) is 0. The van der Waals surface area contributed by atoms with Crippen molar-refractivity contribution in [3.8, 4) is 0 Å². The molecule has 0 aliphatic carbocycles. The Bertz CT molecular complexity index is 375. The quantitative estimate of drug-likeness (QED) is 0.562. The first-order chi connectivity index (χ1) is 7.81. The molecule has 0 aromatic carbocycles. The second kappa shape index (κ2) is 8.41. The number of allylic oxidation sites excluding steroid dienone is 4. The van der Waals surface area contributed by atoms with E-state index in [0.717, 1.165) is 11.9 Å². The number of imidazole rings is 1. The lowest BCUT2D eigenvalue weighted by molar-refractivity contribution is 0.111. The predicted octanol–water partition coefficient (Wildman–Crippen LogP) is 3.02. The molecule has 0 saturated heterocycles. The van der Waals surface area contributed by atoms with Crippen LogP contribution in [0.25, 0.3) is 0 Å². The van der Waals surface area contributed by atoms with Crippen LogP contribution in [0.3, 0.4) is 0 Å². The molecule has 1 rings (SSSR count). The number of carbonyl (C=O) groups excluding carboxylic acids is 1. The summed E-state index contributed by atoms with van der Waals surface area (Å²) in [5.74, 6) is 0. The Hall–Kier alpha value is -1.90. The lowest BCUT2D eigenvalue weighted by Gasteiger charge is -2.03. The highest BCUT2D eigenvalue weighted by molar-refractivity contribution is 5.71. The summed E-state index contributed by atoms with van der Waals surface area (Å²) in [6, 6.07) is 0. The Kier molecular flexibility index (Phi) is 7.41. The van der Waals surface area contributed by atoms with Crippen LogP contribution in [-0.4, -0.2) is 15.8 Å². The van der Waals surface area contributed by atoms with Gasteiger partial charge in [-0.15, -0.1) is 0 Å². The molecule has 0 aliphatic heterocycles. The van der Waals surface area contributed by atoms with Crippen molar-refractivity contribution in [1.82, 2.24) is 9.55 Å². The summed E-state index contributed by atoms with van der Waals surface area (Å²) in [4.78, 5) is 14.5. The van der Waals surface area contributed by atoms with Crippen LogP contribution in [0.1, 0.15) is 24.3 Å².